The SMILES string of the molecule is CCc1oc(C(=O)N(C)CCOc2ccc(C(F)(F)F)cc2)cc1C(=O)O. The zero-order valence-electron chi connectivity index (χ0n) is 14.7. The van der Waals surface area contributed by atoms with Crippen LogP contribution in [0.25, 0.3) is 0 Å². The Kier molecular flexibility index (Phi) is 6.14. The molecule has 146 valence electrons. The van der Waals surface area contributed by atoms with Gasteiger partial charge in [0, 0.05) is 19.5 Å². The Bertz CT molecular complexity index is 811. The second kappa shape index (κ2) is 8.15. The van der Waals surface area contributed by atoms with E-state index >= 15 is 0 Å². The number of carbonyl (C=O) groups excluding carboxylic acids is 1. The first kappa shape index (κ1) is 20.3. The van der Waals surface area contributed by atoms with Gasteiger partial charge in [-0.05, 0) is 24.3 Å². The molecule has 0 spiro atoms. The van der Waals surface area contributed by atoms with Crippen LogP contribution in [-0.4, -0.2) is 42.1 Å². The number of alkyl halides is 3. The number of carbonyl (C=O) groups is 2. The van der Waals surface area contributed by atoms with Crippen molar-refractivity contribution in [3.63, 3.8) is 0 Å². The fourth-order valence-corrected chi connectivity index (χ4v) is 2.31. The van der Waals surface area contributed by atoms with Gasteiger partial charge >= 0.3 is 12.1 Å². The normalized spacial score (nSPS) is 11.3. The van der Waals surface area contributed by atoms with E-state index in [4.69, 9.17) is 14.3 Å². The number of hydrogen-bond acceptors (Lipinski definition) is 4. The fraction of sp³-hybridized carbons (Fsp3) is 0.333. The topological polar surface area (TPSA) is 80.0 Å². The zero-order chi connectivity index (χ0) is 20.2. The van der Waals surface area contributed by atoms with Crippen molar-refractivity contribution in [3.05, 3.63) is 53.0 Å². The minimum atomic E-state index is -4.42. The molecule has 1 heterocycles. The Balaban J connectivity index is 1.93. The molecular weight excluding hydrogens is 367 g/mol. The Morgan fingerprint density at radius 1 is 1.22 bits per heavy atom. The summed E-state index contributed by atoms with van der Waals surface area (Å²) in [6.45, 7) is 1.88. The van der Waals surface area contributed by atoms with Crippen molar-refractivity contribution >= 4 is 11.9 Å². The maximum absolute atomic E-state index is 12.5. The standard InChI is InChI=1S/C18H18F3NO5/c1-3-14-13(17(24)25)10-15(27-14)16(23)22(2)8-9-26-12-6-4-11(5-7-12)18(19,20)21/h4-7,10H,3,8-9H2,1-2H3,(H,24,25). The Morgan fingerprint density at radius 3 is 2.33 bits per heavy atom. The maximum atomic E-state index is 12.5. The number of benzene rings is 1. The summed E-state index contributed by atoms with van der Waals surface area (Å²) in [5, 5.41) is 9.09. The van der Waals surface area contributed by atoms with Crippen LogP contribution in [0.2, 0.25) is 0 Å². The summed E-state index contributed by atoms with van der Waals surface area (Å²) in [5.74, 6) is -1.35. The number of nitrogens with zero attached hydrogens (tertiary/aromatic N) is 1. The van der Waals surface area contributed by atoms with Gasteiger partial charge < -0.3 is 19.2 Å². The molecule has 2 rings (SSSR count). The summed E-state index contributed by atoms with van der Waals surface area (Å²) in [5.41, 5.74) is -0.837. The van der Waals surface area contributed by atoms with Gasteiger partial charge in [-0.1, -0.05) is 6.92 Å². The van der Waals surface area contributed by atoms with E-state index in [0.29, 0.717) is 6.42 Å². The monoisotopic (exact) mass is 385 g/mol. The minimum absolute atomic E-state index is 0.0424. The first-order valence-corrected chi connectivity index (χ1v) is 8.05. The van der Waals surface area contributed by atoms with Crippen molar-refractivity contribution in [3.8, 4) is 5.75 Å². The molecule has 9 heteroatoms. The number of furan rings is 1. The predicted molar refractivity (Wildman–Crippen MR) is 88.9 cm³/mol. The lowest BCUT2D eigenvalue weighted by Gasteiger charge is -2.16. The lowest BCUT2D eigenvalue weighted by atomic mass is 10.2. The first-order valence-electron chi connectivity index (χ1n) is 8.05. The second-order valence-corrected chi connectivity index (χ2v) is 5.70. The maximum Gasteiger partial charge on any atom is 0.416 e. The summed E-state index contributed by atoms with van der Waals surface area (Å²) >= 11 is 0. The Morgan fingerprint density at radius 2 is 1.85 bits per heavy atom. The van der Waals surface area contributed by atoms with E-state index in [0.717, 1.165) is 12.1 Å². The van der Waals surface area contributed by atoms with Gasteiger partial charge in [0.05, 0.1) is 12.1 Å². The van der Waals surface area contributed by atoms with E-state index in [9.17, 15) is 22.8 Å². The van der Waals surface area contributed by atoms with Crippen molar-refractivity contribution < 1.29 is 37.0 Å². The van der Waals surface area contributed by atoms with Gasteiger partial charge in [-0.15, -0.1) is 0 Å². The number of aryl methyl sites for hydroxylation is 1. The average Bonchev–Trinajstić information content (AvgIpc) is 3.05. The predicted octanol–water partition coefficient (Wildman–Crippen LogP) is 3.71. The van der Waals surface area contributed by atoms with E-state index in [2.05, 4.69) is 0 Å². The average molecular weight is 385 g/mol. The largest absolute Gasteiger partial charge is 0.492 e. The molecule has 6 nitrogen and oxygen atoms in total. The summed E-state index contributed by atoms with van der Waals surface area (Å²) < 4.78 is 48.1. The van der Waals surface area contributed by atoms with Gasteiger partial charge in [0.2, 0.25) is 0 Å². The van der Waals surface area contributed by atoms with Crippen molar-refractivity contribution in [2.45, 2.75) is 19.5 Å². The highest BCUT2D eigenvalue weighted by molar-refractivity contribution is 5.96. The van der Waals surface area contributed by atoms with E-state index in [-0.39, 0.29) is 36.0 Å². The van der Waals surface area contributed by atoms with Crippen LogP contribution < -0.4 is 4.74 Å². The van der Waals surface area contributed by atoms with Crippen molar-refractivity contribution in [1.29, 1.82) is 0 Å². The molecule has 0 saturated heterocycles. The van der Waals surface area contributed by atoms with Crippen molar-refractivity contribution in [2.24, 2.45) is 0 Å². The van der Waals surface area contributed by atoms with Gasteiger partial charge in [-0.25, -0.2) is 4.79 Å². The summed E-state index contributed by atoms with van der Waals surface area (Å²) in [7, 11) is 1.48. The molecule has 1 N–H and O–H groups in total. The molecule has 0 aliphatic rings. The number of ether oxygens (including phenoxy) is 1. The third-order valence-electron chi connectivity index (χ3n) is 3.80. The molecule has 0 radical (unpaired) electrons. The van der Waals surface area contributed by atoms with Gasteiger partial charge in [0.1, 0.15) is 23.7 Å². The van der Waals surface area contributed by atoms with E-state index in [1.807, 2.05) is 0 Å². The molecule has 27 heavy (non-hydrogen) atoms. The van der Waals surface area contributed by atoms with Gasteiger partial charge in [-0.3, -0.25) is 4.79 Å². The van der Waals surface area contributed by atoms with E-state index < -0.39 is 23.6 Å². The quantitative estimate of drug-likeness (QED) is 0.786. The number of hydrogen-bond donors (Lipinski definition) is 1. The smallest absolute Gasteiger partial charge is 0.416 e. The number of aromatic carboxylic acids is 1. The zero-order valence-corrected chi connectivity index (χ0v) is 14.7. The molecular formula is C18H18F3NO5. The lowest BCUT2D eigenvalue weighted by Crippen LogP contribution is -2.30. The summed E-state index contributed by atoms with van der Waals surface area (Å²) in [6, 6.07) is 5.39. The van der Waals surface area contributed by atoms with Crippen LogP contribution in [0.4, 0.5) is 13.2 Å². The molecule has 0 aliphatic heterocycles. The first-order chi connectivity index (χ1) is 12.6. The molecule has 0 bridgehead atoms. The van der Waals surface area contributed by atoms with E-state index in [1.165, 1.54) is 30.1 Å². The highest BCUT2D eigenvalue weighted by atomic mass is 19.4. The molecule has 1 amide bonds. The van der Waals surface area contributed by atoms with Crippen LogP contribution in [0, 0.1) is 0 Å². The molecule has 0 fully saturated rings. The molecule has 0 saturated carbocycles. The number of rotatable bonds is 7. The van der Waals surface area contributed by atoms with Crippen LogP contribution in [0.1, 0.15) is 39.2 Å². The number of carboxylic acid groups (broad SMARTS) is 1. The minimum Gasteiger partial charge on any atom is -0.492 e. The van der Waals surface area contributed by atoms with Crippen molar-refractivity contribution in [1.82, 2.24) is 4.90 Å². The summed E-state index contributed by atoms with van der Waals surface area (Å²) in [4.78, 5) is 24.7. The van der Waals surface area contributed by atoms with Crippen LogP contribution >= 0.6 is 0 Å². The highest BCUT2D eigenvalue weighted by Gasteiger charge is 2.30. The van der Waals surface area contributed by atoms with Crippen LogP contribution in [0.15, 0.2) is 34.7 Å². The van der Waals surface area contributed by atoms with E-state index in [1.54, 1.807) is 6.92 Å². The third-order valence-corrected chi connectivity index (χ3v) is 3.80. The lowest BCUT2D eigenvalue weighted by molar-refractivity contribution is -0.137. The molecule has 0 unspecified atom stereocenters. The number of likely N-dealkylation sites (N-methyl/N-ethyl adjacent to an activating group) is 1. The summed E-state index contributed by atoms with van der Waals surface area (Å²) in [6.07, 6.45) is -4.09. The number of carboxylic acids is 1. The third kappa shape index (κ3) is 5.02. The molecule has 1 aromatic heterocycles. The van der Waals surface area contributed by atoms with Gasteiger partial charge in [0.25, 0.3) is 5.91 Å². The Hall–Kier alpha value is -2.97. The second-order valence-electron chi connectivity index (χ2n) is 5.70. The van der Waals surface area contributed by atoms with Crippen LogP contribution in [0.3, 0.4) is 0 Å². The van der Waals surface area contributed by atoms with Crippen LogP contribution in [0.5, 0.6) is 5.75 Å². The molecule has 2 aromatic rings. The van der Waals surface area contributed by atoms with Gasteiger partial charge in [-0.2, -0.15) is 13.2 Å². The fourth-order valence-electron chi connectivity index (χ4n) is 2.31. The molecule has 0 atom stereocenters. The Labute approximate surface area is 153 Å². The number of halogens is 3. The van der Waals surface area contributed by atoms with Crippen LogP contribution in [-0.2, 0) is 12.6 Å². The molecule has 1 aromatic carbocycles. The number of amides is 1. The highest BCUT2D eigenvalue weighted by Crippen LogP contribution is 2.30. The molecule has 0 aliphatic carbocycles. The van der Waals surface area contributed by atoms with Crippen molar-refractivity contribution in [2.75, 3.05) is 20.2 Å². The van der Waals surface area contributed by atoms with Gasteiger partial charge in [0.15, 0.2) is 5.76 Å².